The fourth-order valence-electron chi connectivity index (χ4n) is 1.29. The second-order valence-corrected chi connectivity index (χ2v) is 3.89. The van der Waals surface area contributed by atoms with Gasteiger partial charge in [-0.15, -0.1) is 0 Å². The van der Waals surface area contributed by atoms with Crippen molar-refractivity contribution in [1.29, 1.82) is 5.26 Å². The van der Waals surface area contributed by atoms with Gasteiger partial charge in [0.25, 0.3) is 0 Å². The number of hydrogen-bond donors (Lipinski definition) is 0. The predicted octanol–water partition coefficient (Wildman–Crippen LogP) is 1.93. The summed E-state index contributed by atoms with van der Waals surface area (Å²) in [6, 6.07) is 3.96. The molecule has 66 valence electrons. The summed E-state index contributed by atoms with van der Waals surface area (Å²) >= 11 is 3.29. The summed E-state index contributed by atoms with van der Waals surface area (Å²) in [6.07, 6.45) is 2.93. The zero-order chi connectivity index (χ0) is 9.26. The van der Waals surface area contributed by atoms with Crippen LogP contribution in [0.2, 0.25) is 0 Å². The van der Waals surface area contributed by atoms with E-state index in [9.17, 15) is 0 Å². The van der Waals surface area contributed by atoms with E-state index in [2.05, 4.69) is 31.9 Å². The lowest BCUT2D eigenvalue weighted by Gasteiger charge is -2.32. The molecule has 1 aliphatic heterocycles. The molecule has 3 nitrogen and oxygen atoms in total. The van der Waals surface area contributed by atoms with Crippen LogP contribution < -0.4 is 4.90 Å². The first-order valence-corrected chi connectivity index (χ1v) is 4.91. The zero-order valence-electron chi connectivity index (χ0n) is 7.00. The molecule has 0 atom stereocenters. The van der Waals surface area contributed by atoms with Crippen LogP contribution in [0.25, 0.3) is 0 Å². The highest BCUT2D eigenvalue weighted by molar-refractivity contribution is 9.10. The molecule has 2 heterocycles. The van der Waals surface area contributed by atoms with Gasteiger partial charge in [-0.05, 0) is 28.4 Å². The van der Waals surface area contributed by atoms with E-state index >= 15 is 0 Å². The van der Waals surface area contributed by atoms with Crippen molar-refractivity contribution >= 4 is 21.7 Å². The van der Waals surface area contributed by atoms with Crippen LogP contribution in [0.1, 0.15) is 12.0 Å². The molecule has 0 spiro atoms. The van der Waals surface area contributed by atoms with Gasteiger partial charge in [-0.2, -0.15) is 5.26 Å². The summed E-state index contributed by atoms with van der Waals surface area (Å²) in [4.78, 5) is 6.34. The van der Waals surface area contributed by atoms with Crippen LogP contribution in [0.15, 0.2) is 16.7 Å². The van der Waals surface area contributed by atoms with Crippen molar-refractivity contribution in [1.82, 2.24) is 4.98 Å². The smallest absolute Gasteiger partial charge is 0.146 e. The van der Waals surface area contributed by atoms with Gasteiger partial charge in [-0.3, -0.25) is 0 Å². The molecule has 0 aliphatic carbocycles. The van der Waals surface area contributed by atoms with E-state index in [0.717, 1.165) is 23.4 Å². The highest BCUT2D eigenvalue weighted by atomic mass is 79.9. The number of nitrogens with zero attached hydrogens (tertiary/aromatic N) is 3. The number of rotatable bonds is 1. The standard InChI is InChI=1S/C9H8BrN3/c10-8-4-7(5-11)9(12-6-8)13-2-1-3-13/h4,6H,1-3H2. The Labute approximate surface area is 85.1 Å². The molecule has 1 aliphatic rings. The SMILES string of the molecule is N#Cc1cc(Br)cnc1N1CCC1. The van der Waals surface area contributed by atoms with Gasteiger partial charge in [-0.25, -0.2) is 4.98 Å². The number of pyridine rings is 1. The summed E-state index contributed by atoms with van der Waals surface area (Å²) < 4.78 is 0.855. The van der Waals surface area contributed by atoms with Crippen LogP contribution in [0.3, 0.4) is 0 Å². The molecule has 0 radical (unpaired) electrons. The highest BCUT2D eigenvalue weighted by Gasteiger charge is 2.18. The maximum atomic E-state index is 8.87. The molecule has 0 N–H and O–H groups in total. The largest absolute Gasteiger partial charge is 0.355 e. The number of halogens is 1. The fourth-order valence-corrected chi connectivity index (χ4v) is 1.63. The Morgan fingerprint density at radius 2 is 2.31 bits per heavy atom. The monoisotopic (exact) mass is 237 g/mol. The fraction of sp³-hybridized carbons (Fsp3) is 0.333. The normalized spacial score (nSPS) is 14.9. The van der Waals surface area contributed by atoms with E-state index in [0.29, 0.717) is 5.56 Å². The summed E-state index contributed by atoms with van der Waals surface area (Å²) in [6.45, 7) is 2.03. The Morgan fingerprint density at radius 3 is 2.85 bits per heavy atom. The van der Waals surface area contributed by atoms with E-state index in [1.54, 1.807) is 12.3 Å². The van der Waals surface area contributed by atoms with Crippen LogP contribution in [0.5, 0.6) is 0 Å². The van der Waals surface area contributed by atoms with E-state index < -0.39 is 0 Å². The third-order valence-corrected chi connectivity index (χ3v) is 2.54. The van der Waals surface area contributed by atoms with Gasteiger partial charge in [0, 0.05) is 23.8 Å². The average molecular weight is 238 g/mol. The lowest BCUT2D eigenvalue weighted by atomic mass is 10.2. The Bertz CT molecular complexity index is 366. The molecule has 0 amide bonds. The molecule has 0 aromatic carbocycles. The first-order chi connectivity index (χ1) is 6.31. The highest BCUT2D eigenvalue weighted by Crippen LogP contribution is 2.24. The Kier molecular flexibility index (Phi) is 2.19. The van der Waals surface area contributed by atoms with Crippen molar-refractivity contribution in [3.63, 3.8) is 0 Å². The van der Waals surface area contributed by atoms with Crippen molar-refractivity contribution in [2.24, 2.45) is 0 Å². The molecule has 2 rings (SSSR count). The second kappa shape index (κ2) is 3.35. The molecule has 1 saturated heterocycles. The Hall–Kier alpha value is -1.08. The predicted molar refractivity (Wildman–Crippen MR) is 53.5 cm³/mol. The van der Waals surface area contributed by atoms with Crippen molar-refractivity contribution in [2.45, 2.75) is 6.42 Å². The number of anilines is 1. The van der Waals surface area contributed by atoms with Gasteiger partial charge >= 0.3 is 0 Å². The maximum absolute atomic E-state index is 8.87. The van der Waals surface area contributed by atoms with Gasteiger partial charge in [0.2, 0.25) is 0 Å². The lowest BCUT2D eigenvalue weighted by Crippen LogP contribution is -2.38. The first-order valence-electron chi connectivity index (χ1n) is 4.12. The molecule has 4 heteroatoms. The Morgan fingerprint density at radius 1 is 1.54 bits per heavy atom. The zero-order valence-corrected chi connectivity index (χ0v) is 8.58. The molecular formula is C9H8BrN3. The summed E-state index contributed by atoms with van der Waals surface area (Å²) in [5.74, 6) is 0.817. The minimum absolute atomic E-state index is 0.647. The second-order valence-electron chi connectivity index (χ2n) is 2.98. The van der Waals surface area contributed by atoms with E-state index in [-0.39, 0.29) is 0 Å². The van der Waals surface area contributed by atoms with Gasteiger partial charge in [-0.1, -0.05) is 0 Å². The van der Waals surface area contributed by atoms with Crippen LogP contribution in [-0.2, 0) is 0 Å². The van der Waals surface area contributed by atoms with Crippen molar-refractivity contribution in [3.8, 4) is 6.07 Å². The van der Waals surface area contributed by atoms with E-state index in [1.165, 1.54) is 6.42 Å². The third kappa shape index (κ3) is 1.52. The molecule has 0 saturated carbocycles. The number of nitriles is 1. The van der Waals surface area contributed by atoms with Crippen LogP contribution in [0.4, 0.5) is 5.82 Å². The van der Waals surface area contributed by atoms with Crippen LogP contribution >= 0.6 is 15.9 Å². The minimum atomic E-state index is 0.647. The quantitative estimate of drug-likeness (QED) is 0.750. The van der Waals surface area contributed by atoms with E-state index in [4.69, 9.17) is 5.26 Å². The summed E-state index contributed by atoms with van der Waals surface area (Å²) in [7, 11) is 0. The van der Waals surface area contributed by atoms with E-state index in [1.807, 2.05) is 0 Å². The molecule has 1 aromatic rings. The van der Waals surface area contributed by atoms with Gasteiger partial charge < -0.3 is 4.90 Å². The molecule has 0 bridgehead atoms. The third-order valence-electron chi connectivity index (χ3n) is 2.11. The van der Waals surface area contributed by atoms with Gasteiger partial charge in [0.1, 0.15) is 11.9 Å². The Balaban J connectivity index is 2.39. The molecule has 1 aromatic heterocycles. The van der Waals surface area contributed by atoms with Crippen LogP contribution in [-0.4, -0.2) is 18.1 Å². The molecular weight excluding hydrogens is 230 g/mol. The molecule has 1 fully saturated rings. The van der Waals surface area contributed by atoms with Crippen LogP contribution in [0, 0.1) is 11.3 Å². The van der Waals surface area contributed by atoms with Crippen molar-refractivity contribution in [2.75, 3.05) is 18.0 Å². The number of aromatic nitrogens is 1. The van der Waals surface area contributed by atoms with Crippen molar-refractivity contribution in [3.05, 3.63) is 22.3 Å². The molecule has 0 unspecified atom stereocenters. The molecule has 13 heavy (non-hydrogen) atoms. The first kappa shape index (κ1) is 8.52. The minimum Gasteiger partial charge on any atom is -0.355 e. The van der Waals surface area contributed by atoms with Gasteiger partial charge in [0.05, 0.1) is 5.56 Å². The van der Waals surface area contributed by atoms with Crippen molar-refractivity contribution < 1.29 is 0 Å². The lowest BCUT2D eigenvalue weighted by molar-refractivity contribution is 0.609. The number of hydrogen-bond acceptors (Lipinski definition) is 3. The maximum Gasteiger partial charge on any atom is 0.146 e. The summed E-state index contributed by atoms with van der Waals surface area (Å²) in [5.41, 5.74) is 0.647. The summed E-state index contributed by atoms with van der Waals surface area (Å²) in [5, 5.41) is 8.87. The topological polar surface area (TPSA) is 39.9 Å². The van der Waals surface area contributed by atoms with Gasteiger partial charge in [0.15, 0.2) is 0 Å². The average Bonchev–Trinajstić information content (AvgIpc) is 2.05.